The summed E-state index contributed by atoms with van der Waals surface area (Å²) in [6, 6.07) is 0. The quantitative estimate of drug-likeness (QED) is 0.261. The Morgan fingerprint density at radius 3 is 1.43 bits per heavy atom. The first-order valence-corrected chi connectivity index (χ1v) is 7.82. The third kappa shape index (κ3) is 5.99. The number of anilines is 1. The van der Waals surface area contributed by atoms with Crippen LogP contribution in [0.25, 0.3) is 0 Å². The Hall–Kier alpha value is 1.82. The molecule has 0 saturated heterocycles. The fourth-order valence-electron chi connectivity index (χ4n) is 1.31. The van der Waals surface area contributed by atoms with Crippen LogP contribution < -0.4 is 74.6 Å². The summed E-state index contributed by atoms with van der Waals surface area (Å²) in [4.78, 5) is 33.4. The zero-order valence-electron chi connectivity index (χ0n) is 11.2. The predicted octanol–water partition coefficient (Wildman–Crippen LogP) is -5.81. The molecule has 1 rings (SSSR count). The monoisotopic (exact) mass is 645 g/mol. The van der Waals surface area contributed by atoms with Crippen LogP contribution in [0.1, 0.15) is 27.6 Å². The molecule has 0 fully saturated rings. The van der Waals surface area contributed by atoms with Crippen molar-refractivity contribution in [2.24, 2.45) is 0 Å². The van der Waals surface area contributed by atoms with Crippen molar-refractivity contribution in [2.75, 3.05) is 5.32 Å². The van der Waals surface area contributed by atoms with Crippen molar-refractivity contribution in [3.05, 3.63) is 21.8 Å². The van der Waals surface area contributed by atoms with Gasteiger partial charge in [-0.1, -0.05) is 0 Å². The van der Waals surface area contributed by atoms with Gasteiger partial charge in [0.15, 0.2) is 0 Å². The summed E-state index contributed by atoms with van der Waals surface area (Å²) in [6.07, 6.45) is 0. The molecule has 6 nitrogen and oxygen atoms in total. The molecule has 0 heterocycles. The van der Waals surface area contributed by atoms with Crippen LogP contribution in [0.4, 0.5) is 5.69 Å². The van der Waals surface area contributed by atoms with E-state index in [1.54, 1.807) is 67.8 Å². The molecule has 1 amide bonds. The number of carboxylic acids is 2. The third-order valence-corrected chi connectivity index (χ3v) is 5.26. The van der Waals surface area contributed by atoms with E-state index in [1.165, 1.54) is 6.92 Å². The fraction of sp³-hybridized carbons (Fsp3) is 0.100. The van der Waals surface area contributed by atoms with Gasteiger partial charge in [-0.05, 0) is 67.8 Å². The van der Waals surface area contributed by atoms with E-state index in [0.29, 0.717) is 0 Å². The van der Waals surface area contributed by atoms with Gasteiger partial charge in [0, 0.05) is 28.8 Å². The van der Waals surface area contributed by atoms with Gasteiger partial charge in [0.2, 0.25) is 5.91 Å². The van der Waals surface area contributed by atoms with Gasteiger partial charge in [0.05, 0.1) is 17.6 Å². The zero-order valence-corrected chi connectivity index (χ0v) is 21.6. The molecule has 21 heavy (non-hydrogen) atoms. The van der Waals surface area contributed by atoms with Crippen molar-refractivity contribution < 1.29 is 83.7 Å². The first-order chi connectivity index (χ1) is 8.68. The van der Waals surface area contributed by atoms with Crippen molar-refractivity contribution in [1.82, 2.24) is 0 Å². The molecule has 0 aliphatic rings. The van der Waals surface area contributed by atoms with Crippen molar-refractivity contribution in [2.45, 2.75) is 6.92 Å². The fourth-order valence-corrected chi connectivity index (χ4v) is 5.62. The van der Waals surface area contributed by atoms with Crippen LogP contribution >= 0.6 is 67.8 Å². The summed E-state index contributed by atoms with van der Waals surface area (Å²) < 4.78 is 0.443. The number of hydrogen-bond donors (Lipinski definition) is 1. The molecule has 0 atom stereocenters. The van der Waals surface area contributed by atoms with Gasteiger partial charge in [-0.3, -0.25) is 4.79 Å². The minimum Gasteiger partial charge on any atom is -0.545 e. The van der Waals surface area contributed by atoms with Crippen LogP contribution in [0.2, 0.25) is 0 Å². The minimum absolute atomic E-state index is 0. The van der Waals surface area contributed by atoms with Crippen molar-refractivity contribution in [1.29, 1.82) is 0 Å². The Labute approximate surface area is 205 Å². The largest absolute Gasteiger partial charge is 1.00 e. The van der Waals surface area contributed by atoms with Gasteiger partial charge in [-0.25, -0.2) is 0 Å². The molecule has 0 aromatic heterocycles. The van der Waals surface area contributed by atoms with E-state index in [0.717, 1.165) is 0 Å². The summed E-state index contributed by atoms with van der Waals surface area (Å²) in [5.74, 6) is -3.47. The van der Waals surface area contributed by atoms with Crippen molar-refractivity contribution >= 4 is 91.3 Å². The number of halogens is 3. The average Bonchev–Trinajstić information content (AvgIpc) is 2.22. The maximum absolute atomic E-state index is 11.1. The van der Waals surface area contributed by atoms with Crippen LogP contribution in [0.5, 0.6) is 0 Å². The van der Waals surface area contributed by atoms with Crippen LogP contribution in [-0.2, 0) is 4.79 Å². The van der Waals surface area contributed by atoms with Crippen molar-refractivity contribution in [3.8, 4) is 0 Å². The molecular formula is C10H4I3NNa2O5. The molecule has 0 aliphatic carbocycles. The van der Waals surface area contributed by atoms with E-state index in [2.05, 4.69) is 5.32 Å². The first kappa shape index (κ1) is 25.1. The summed E-state index contributed by atoms with van der Waals surface area (Å²) in [7, 11) is 0. The smallest absolute Gasteiger partial charge is 0.545 e. The molecule has 11 heteroatoms. The number of aromatic carboxylic acids is 2. The Kier molecular flexibility index (Phi) is 12.7. The Morgan fingerprint density at radius 2 is 1.19 bits per heavy atom. The topological polar surface area (TPSA) is 109 Å². The molecule has 1 N–H and O–H groups in total. The van der Waals surface area contributed by atoms with E-state index in [9.17, 15) is 24.6 Å². The van der Waals surface area contributed by atoms with Gasteiger partial charge < -0.3 is 25.1 Å². The molecule has 0 radical (unpaired) electrons. The molecule has 0 unspecified atom stereocenters. The van der Waals surface area contributed by atoms with Gasteiger partial charge >= 0.3 is 59.1 Å². The Bertz CT molecular complexity index is 568. The first-order valence-electron chi connectivity index (χ1n) is 4.59. The van der Waals surface area contributed by atoms with E-state index in [-0.39, 0.29) is 86.6 Å². The van der Waals surface area contributed by atoms with Gasteiger partial charge in [0.25, 0.3) is 0 Å². The molecule has 102 valence electrons. The standard InChI is InChI=1S/C10H6I3NO5.2Na/c1-2(15)14-8-6(12)3(9(16)17)5(11)4(7(8)13)10(18)19;;/h1H3,(H,14,15)(H,16,17)(H,18,19);;/q;2*+1/p-2. The van der Waals surface area contributed by atoms with Gasteiger partial charge in [-0.15, -0.1) is 0 Å². The summed E-state index contributed by atoms with van der Waals surface area (Å²) >= 11 is 5.05. The number of rotatable bonds is 3. The predicted molar refractivity (Wildman–Crippen MR) is 87.6 cm³/mol. The minimum atomic E-state index is -1.51. The Morgan fingerprint density at radius 1 is 0.857 bits per heavy atom. The summed E-state index contributed by atoms with van der Waals surface area (Å²) in [6.45, 7) is 1.24. The van der Waals surface area contributed by atoms with E-state index < -0.39 is 17.8 Å². The van der Waals surface area contributed by atoms with Crippen LogP contribution in [0, 0.1) is 10.7 Å². The second-order valence-electron chi connectivity index (χ2n) is 3.32. The summed E-state index contributed by atoms with van der Waals surface area (Å²) in [5.41, 5.74) is -0.415. The molecule has 0 saturated carbocycles. The number of carboxylic acid groups (broad SMARTS) is 2. The number of carbonyl (C=O) groups is 3. The second kappa shape index (κ2) is 10.6. The van der Waals surface area contributed by atoms with E-state index in [1.807, 2.05) is 0 Å². The molecule has 0 spiro atoms. The normalized spacial score (nSPS) is 9.14. The van der Waals surface area contributed by atoms with E-state index >= 15 is 0 Å². The van der Waals surface area contributed by atoms with E-state index in [4.69, 9.17) is 0 Å². The van der Waals surface area contributed by atoms with Crippen LogP contribution in [-0.4, -0.2) is 17.8 Å². The molecule has 0 aliphatic heterocycles. The molecule has 0 bridgehead atoms. The number of carbonyl (C=O) groups excluding carboxylic acids is 3. The number of benzene rings is 1. The second-order valence-corrected chi connectivity index (χ2v) is 6.56. The number of amides is 1. The number of hydrogen-bond acceptors (Lipinski definition) is 5. The zero-order chi connectivity index (χ0) is 14.9. The maximum atomic E-state index is 11.1. The van der Waals surface area contributed by atoms with Crippen molar-refractivity contribution in [3.63, 3.8) is 0 Å². The number of nitrogens with one attached hydrogen (secondary N) is 1. The third-order valence-electron chi connectivity index (χ3n) is 2.03. The van der Waals surface area contributed by atoms with Crippen LogP contribution in [0.15, 0.2) is 0 Å². The molecular weight excluding hydrogens is 641 g/mol. The SMILES string of the molecule is CC(=O)Nc1c(I)c(C(=O)[O-])c(I)c(C(=O)[O-])c1I.[Na+].[Na+]. The Balaban J connectivity index is 0. The summed E-state index contributed by atoms with van der Waals surface area (Å²) in [5, 5.41) is 24.7. The molecule has 1 aromatic rings. The maximum Gasteiger partial charge on any atom is 1.00 e. The molecule has 1 aromatic carbocycles. The van der Waals surface area contributed by atoms with Crippen LogP contribution in [0.3, 0.4) is 0 Å². The average molecular weight is 645 g/mol. The van der Waals surface area contributed by atoms with Gasteiger partial charge in [-0.2, -0.15) is 0 Å². The van der Waals surface area contributed by atoms with Gasteiger partial charge in [0.1, 0.15) is 0 Å².